The molecule has 1 atom stereocenters. The molecule has 3 fully saturated rings. The van der Waals surface area contributed by atoms with Gasteiger partial charge in [0.25, 0.3) is 0 Å². The highest BCUT2D eigenvalue weighted by atomic mass is 15.3. The van der Waals surface area contributed by atoms with Gasteiger partial charge in [0, 0.05) is 30.4 Å². The largest absolute Gasteiger partial charge is 0.311 e. The van der Waals surface area contributed by atoms with Gasteiger partial charge in [-0.2, -0.15) is 0 Å². The standard InChI is InChI=1S/C18H23N5/c1-2-16(13-7-9-19-10-8-13)22(11-1)12-17-20-21-18(14-3-4-14)23(17)15-5-6-15/h7-10,14-16H,1-6,11-12H2. The molecule has 0 spiro atoms. The number of nitrogens with zero attached hydrogens (tertiary/aromatic N) is 5. The summed E-state index contributed by atoms with van der Waals surface area (Å²) in [6.45, 7) is 2.09. The number of likely N-dealkylation sites (tertiary alicyclic amines) is 1. The first-order valence-corrected chi connectivity index (χ1v) is 8.98. The minimum absolute atomic E-state index is 0.506. The lowest BCUT2D eigenvalue weighted by atomic mass is 10.1. The summed E-state index contributed by atoms with van der Waals surface area (Å²) in [5, 5.41) is 9.14. The molecule has 1 aliphatic heterocycles. The van der Waals surface area contributed by atoms with Crippen molar-refractivity contribution in [2.75, 3.05) is 6.54 Å². The van der Waals surface area contributed by atoms with Crippen LogP contribution in [0, 0.1) is 0 Å². The maximum atomic E-state index is 4.59. The van der Waals surface area contributed by atoms with Gasteiger partial charge in [-0.3, -0.25) is 9.88 Å². The first kappa shape index (κ1) is 13.7. The summed E-state index contributed by atoms with van der Waals surface area (Å²) < 4.78 is 2.49. The maximum absolute atomic E-state index is 4.59. The van der Waals surface area contributed by atoms with Gasteiger partial charge in [0.05, 0.1) is 6.54 Å². The van der Waals surface area contributed by atoms with Gasteiger partial charge in [-0.15, -0.1) is 10.2 Å². The van der Waals surface area contributed by atoms with Crippen molar-refractivity contribution in [1.82, 2.24) is 24.6 Å². The smallest absolute Gasteiger partial charge is 0.147 e. The normalized spacial score (nSPS) is 25.1. The summed E-state index contributed by atoms with van der Waals surface area (Å²) >= 11 is 0. The van der Waals surface area contributed by atoms with Crippen molar-refractivity contribution in [2.45, 2.75) is 63.1 Å². The fraction of sp³-hybridized carbons (Fsp3) is 0.611. The molecular formula is C18H23N5. The van der Waals surface area contributed by atoms with Crippen LogP contribution >= 0.6 is 0 Å². The van der Waals surface area contributed by atoms with E-state index in [0.29, 0.717) is 18.0 Å². The zero-order valence-electron chi connectivity index (χ0n) is 13.4. The van der Waals surface area contributed by atoms with Crippen molar-refractivity contribution in [1.29, 1.82) is 0 Å². The number of hydrogen-bond donors (Lipinski definition) is 0. The molecule has 5 heteroatoms. The minimum Gasteiger partial charge on any atom is -0.311 e. The van der Waals surface area contributed by atoms with E-state index in [0.717, 1.165) is 13.1 Å². The molecule has 3 aliphatic rings. The molecule has 1 unspecified atom stereocenters. The van der Waals surface area contributed by atoms with Crippen LogP contribution in [-0.2, 0) is 6.54 Å². The Kier molecular flexibility index (Phi) is 3.21. The quantitative estimate of drug-likeness (QED) is 0.851. The van der Waals surface area contributed by atoms with Crippen LogP contribution in [0.1, 0.15) is 73.7 Å². The Morgan fingerprint density at radius 2 is 1.83 bits per heavy atom. The number of rotatable bonds is 5. The zero-order valence-corrected chi connectivity index (χ0v) is 13.4. The van der Waals surface area contributed by atoms with Gasteiger partial charge < -0.3 is 4.57 Å². The average Bonchev–Trinajstić information content (AvgIpc) is 3.52. The highest BCUT2D eigenvalue weighted by molar-refractivity contribution is 5.17. The Labute approximate surface area is 136 Å². The van der Waals surface area contributed by atoms with Crippen LogP contribution in [0.25, 0.3) is 0 Å². The highest BCUT2D eigenvalue weighted by Crippen LogP contribution is 2.45. The first-order chi connectivity index (χ1) is 11.4. The van der Waals surface area contributed by atoms with Gasteiger partial charge >= 0.3 is 0 Å². The Morgan fingerprint density at radius 1 is 1.00 bits per heavy atom. The monoisotopic (exact) mass is 309 g/mol. The van der Waals surface area contributed by atoms with Crippen molar-refractivity contribution >= 4 is 0 Å². The van der Waals surface area contributed by atoms with Crippen molar-refractivity contribution in [3.63, 3.8) is 0 Å². The molecule has 2 aliphatic carbocycles. The van der Waals surface area contributed by atoms with Crippen molar-refractivity contribution in [3.8, 4) is 0 Å². The molecule has 0 bridgehead atoms. The van der Waals surface area contributed by atoms with E-state index in [9.17, 15) is 0 Å². The Balaban J connectivity index is 1.41. The lowest BCUT2D eigenvalue weighted by Gasteiger charge is -2.24. The van der Waals surface area contributed by atoms with Crippen molar-refractivity contribution < 1.29 is 0 Å². The molecule has 0 radical (unpaired) electrons. The van der Waals surface area contributed by atoms with E-state index in [1.807, 2.05) is 12.4 Å². The topological polar surface area (TPSA) is 46.8 Å². The first-order valence-electron chi connectivity index (χ1n) is 8.98. The lowest BCUT2D eigenvalue weighted by molar-refractivity contribution is 0.238. The van der Waals surface area contributed by atoms with Crippen LogP contribution in [0.3, 0.4) is 0 Å². The van der Waals surface area contributed by atoms with Gasteiger partial charge in [-0.05, 0) is 62.8 Å². The molecule has 23 heavy (non-hydrogen) atoms. The molecule has 1 saturated heterocycles. The molecule has 2 saturated carbocycles. The number of hydrogen-bond acceptors (Lipinski definition) is 4. The SMILES string of the molecule is c1cc(C2CCCN2Cc2nnc(C3CC3)n2C2CC2)ccn1. The number of aromatic nitrogens is 4. The molecule has 0 amide bonds. The lowest BCUT2D eigenvalue weighted by Crippen LogP contribution is -2.25. The van der Waals surface area contributed by atoms with Crippen LogP contribution in [0.5, 0.6) is 0 Å². The third-order valence-electron chi connectivity index (χ3n) is 5.45. The molecule has 0 aromatic carbocycles. The van der Waals surface area contributed by atoms with E-state index in [1.165, 1.54) is 55.7 Å². The molecule has 120 valence electrons. The second-order valence-corrected chi connectivity index (χ2v) is 7.26. The molecule has 2 aromatic rings. The van der Waals surface area contributed by atoms with Gasteiger partial charge in [0.1, 0.15) is 11.6 Å². The summed E-state index contributed by atoms with van der Waals surface area (Å²) in [5.41, 5.74) is 1.39. The summed E-state index contributed by atoms with van der Waals surface area (Å²) in [6, 6.07) is 5.50. The van der Waals surface area contributed by atoms with E-state index < -0.39 is 0 Å². The molecule has 2 aromatic heterocycles. The van der Waals surface area contributed by atoms with Gasteiger partial charge in [0.2, 0.25) is 0 Å². The van der Waals surface area contributed by atoms with E-state index in [-0.39, 0.29) is 0 Å². The average molecular weight is 309 g/mol. The Bertz CT molecular complexity index is 687. The predicted octanol–water partition coefficient (Wildman–Crippen LogP) is 3.22. The van der Waals surface area contributed by atoms with Crippen LogP contribution in [0.4, 0.5) is 0 Å². The summed E-state index contributed by atoms with van der Waals surface area (Å²) in [6.07, 6.45) is 11.5. The summed E-state index contributed by atoms with van der Waals surface area (Å²) in [4.78, 5) is 6.73. The summed E-state index contributed by atoms with van der Waals surface area (Å²) in [7, 11) is 0. The highest BCUT2D eigenvalue weighted by Gasteiger charge is 2.37. The molecule has 5 nitrogen and oxygen atoms in total. The molecule has 3 heterocycles. The number of pyridine rings is 1. The van der Waals surface area contributed by atoms with E-state index in [2.05, 4.69) is 36.8 Å². The third kappa shape index (κ3) is 2.57. The van der Waals surface area contributed by atoms with Crippen molar-refractivity contribution in [3.05, 3.63) is 41.7 Å². The van der Waals surface area contributed by atoms with Gasteiger partial charge in [-0.25, -0.2) is 0 Å². The van der Waals surface area contributed by atoms with E-state index in [4.69, 9.17) is 0 Å². The Morgan fingerprint density at radius 3 is 2.57 bits per heavy atom. The molecular weight excluding hydrogens is 286 g/mol. The third-order valence-corrected chi connectivity index (χ3v) is 5.45. The molecule has 0 N–H and O–H groups in total. The fourth-order valence-electron chi connectivity index (χ4n) is 3.96. The van der Waals surface area contributed by atoms with Crippen LogP contribution < -0.4 is 0 Å². The van der Waals surface area contributed by atoms with Crippen LogP contribution in [0.15, 0.2) is 24.5 Å². The Hall–Kier alpha value is -1.75. The zero-order chi connectivity index (χ0) is 15.2. The fourth-order valence-corrected chi connectivity index (χ4v) is 3.96. The van der Waals surface area contributed by atoms with Crippen molar-refractivity contribution in [2.24, 2.45) is 0 Å². The minimum atomic E-state index is 0.506. The predicted molar refractivity (Wildman–Crippen MR) is 86.9 cm³/mol. The van der Waals surface area contributed by atoms with Gasteiger partial charge in [0.15, 0.2) is 0 Å². The molecule has 5 rings (SSSR count). The van der Waals surface area contributed by atoms with Crippen LogP contribution in [-0.4, -0.2) is 31.2 Å². The van der Waals surface area contributed by atoms with E-state index in [1.54, 1.807) is 0 Å². The second kappa shape index (κ2) is 5.41. The van der Waals surface area contributed by atoms with Crippen LogP contribution in [0.2, 0.25) is 0 Å². The maximum Gasteiger partial charge on any atom is 0.147 e. The second-order valence-electron chi connectivity index (χ2n) is 7.26. The summed E-state index contributed by atoms with van der Waals surface area (Å²) in [5.74, 6) is 3.14. The van der Waals surface area contributed by atoms with Gasteiger partial charge in [-0.1, -0.05) is 0 Å². The van der Waals surface area contributed by atoms with E-state index >= 15 is 0 Å².